The third-order valence-electron chi connectivity index (χ3n) is 3.81. The van der Waals surface area contributed by atoms with E-state index in [1.807, 2.05) is 6.92 Å². The van der Waals surface area contributed by atoms with Crippen molar-refractivity contribution < 1.29 is 19.4 Å². The van der Waals surface area contributed by atoms with E-state index >= 15 is 0 Å². The zero-order chi connectivity index (χ0) is 13.6. The molecule has 1 aliphatic carbocycles. The quantitative estimate of drug-likeness (QED) is 0.716. The normalized spacial score (nSPS) is 17.0. The van der Waals surface area contributed by atoms with Crippen LogP contribution in [0.5, 0.6) is 0 Å². The molecule has 1 amide bonds. The Morgan fingerprint density at radius 3 is 2.44 bits per heavy atom. The Morgan fingerprint density at radius 1 is 1.39 bits per heavy atom. The van der Waals surface area contributed by atoms with Gasteiger partial charge in [0.25, 0.3) is 0 Å². The molecule has 1 fully saturated rings. The maximum absolute atomic E-state index is 12.5. The molecule has 0 spiro atoms. The molecule has 0 bridgehead atoms. The molecule has 104 valence electrons. The number of amides is 1. The van der Waals surface area contributed by atoms with Gasteiger partial charge < -0.3 is 14.7 Å². The summed E-state index contributed by atoms with van der Waals surface area (Å²) < 4.78 is 5.07. The number of carboxylic acid groups (broad SMARTS) is 1. The highest BCUT2D eigenvalue weighted by Gasteiger charge is 2.45. The van der Waals surface area contributed by atoms with Gasteiger partial charge in [0.15, 0.2) is 0 Å². The average molecular weight is 257 g/mol. The fraction of sp³-hybridized carbons (Fsp3) is 0.846. The summed E-state index contributed by atoms with van der Waals surface area (Å²) in [6, 6.07) is 0. The molecule has 0 radical (unpaired) electrons. The molecular weight excluding hydrogens is 234 g/mol. The minimum absolute atomic E-state index is 0.0138. The van der Waals surface area contributed by atoms with Crippen molar-refractivity contribution in [3.05, 3.63) is 0 Å². The number of nitrogens with zero attached hydrogens (tertiary/aromatic N) is 1. The first-order chi connectivity index (χ1) is 8.55. The van der Waals surface area contributed by atoms with Crippen LogP contribution in [-0.4, -0.2) is 48.7 Å². The van der Waals surface area contributed by atoms with E-state index in [2.05, 4.69) is 0 Å². The van der Waals surface area contributed by atoms with Gasteiger partial charge in [0, 0.05) is 26.8 Å². The Balaban J connectivity index is 2.60. The zero-order valence-corrected chi connectivity index (χ0v) is 11.3. The molecule has 1 N–H and O–H groups in total. The molecule has 0 aromatic heterocycles. The van der Waals surface area contributed by atoms with Gasteiger partial charge in [-0.15, -0.1) is 0 Å². The fourth-order valence-corrected chi connectivity index (χ4v) is 2.44. The van der Waals surface area contributed by atoms with E-state index in [1.165, 1.54) is 0 Å². The average Bonchev–Trinajstić information content (AvgIpc) is 2.28. The lowest BCUT2D eigenvalue weighted by molar-refractivity contribution is -0.149. The van der Waals surface area contributed by atoms with E-state index in [9.17, 15) is 9.59 Å². The smallest absolute Gasteiger partial charge is 0.305 e. The van der Waals surface area contributed by atoms with Crippen LogP contribution in [0, 0.1) is 5.41 Å². The van der Waals surface area contributed by atoms with E-state index in [-0.39, 0.29) is 17.7 Å². The van der Waals surface area contributed by atoms with Gasteiger partial charge in [0.2, 0.25) is 5.91 Å². The van der Waals surface area contributed by atoms with Crippen molar-refractivity contribution in [1.29, 1.82) is 0 Å². The van der Waals surface area contributed by atoms with Gasteiger partial charge in [0.1, 0.15) is 0 Å². The minimum atomic E-state index is -0.860. The van der Waals surface area contributed by atoms with Gasteiger partial charge >= 0.3 is 5.97 Å². The largest absolute Gasteiger partial charge is 0.481 e. The number of hydrogen-bond donors (Lipinski definition) is 1. The Bertz CT molecular complexity index is 299. The standard InChI is InChI=1S/C13H23NO4/c1-3-14(9-5-11(15)16)12(17)13(6-4-7-13)8-10-18-2/h3-10H2,1-2H3,(H,15,16). The molecule has 0 unspecified atom stereocenters. The topological polar surface area (TPSA) is 66.8 Å². The molecular formula is C13H23NO4. The number of hydrogen-bond acceptors (Lipinski definition) is 3. The maximum Gasteiger partial charge on any atom is 0.305 e. The van der Waals surface area contributed by atoms with Crippen LogP contribution in [0.1, 0.15) is 39.0 Å². The molecule has 0 saturated heterocycles. The summed E-state index contributed by atoms with van der Waals surface area (Å²) in [6.45, 7) is 3.35. The van der Waals surface area contributed by atoms with Crippen molar-refractivity contribution in [3.63, 3.8) is 0 Å². The predicted molar refractivity (Wildman–Crippen MR) is 67.3 cm³/mol. The van der Waals surface area contributed by atoms with Gasteiger partial charge in [-0.1, -0.05) is 6.42 Å². The first-order valence-electron chi connectivity index (χ1n) is 6.56. The molecule has 1 saturated carbocycles. The Labute approximate surface area is 108 Å². The molecule has 1 rings (SSSR count). The Morgan fingerprint density at radius 2 is 2.06 bits per heavy atom. The van der Waals surface area contributed by atoms with E-state index in [4.69, 9.17) is 9.84 Å². The van der Waals surface area contributed by atoms with E-state index < -0.39 is 5.97 Å². The SMILES string of the molecule is CCN(CCC(=O)O)C(=O)C1(CCOC)CCC1. The number of carbonyl (C=O) groups is 2. The third kappa shape index (κ3) is 3.45. The molecule has 0 heterocycles. The second kappa shape index (κ2) is 6.73. The number of methoxy groups -OCH3 is 1. The first-order valence-corrected chi connectivity index (χ1v) is 6.56. The number of aliphatic carboxylic acids is 1. The van der Waals surface area contributed by atoms with Crippen LogP contribution in [0.15, 0.2) is 0 Å². The number of carboxylic acids is 1. The van der Waals surface area contributed by atoms with Crippen molar-refractivity contribution in [1.82, 2.24) is 4.90 Å². The van der Waals surface area contributed by atoms with E-state index in [0.717, 1.165) is 25.7 Å². The third-order valence-corrected chi connectivity index (χ3v) is 3.81. The van der Waals surface area contributed by atoms with E-state index in [0.29, 0.717) is 19.7 Å². The summed E-state index contributed by atoms with van der Waals surface area (Å²) >= 11 is 0. The van der Waals surface area contributed by atoms with Crippen LogP contribution < -0.4 is 0 Å². The lowest BCUT2D eigenvalue weighted by atomic mass is 9.65. The van der Waals surface area contributed by atoms with Gasteiger partial charge in [-0.05, 0) is 26.2 Å². The fourth-order valence-electron chi connectivity index (χ4n) is 2.44. The number of rotatable bonds is 8. The predicted octanol–water partition coefficient (Wildman–Crippen LogP) is 1.52. The molecule has 5 heteroatoms. The molecule has 5 nitrogen and oxygen atoms in total. The van der Waals surface area contributed by atoms with Gasteiger partial charge in [-0.2, -0.15) is 0 Å². The maximum atomic E-state index is 12.5. The Kier molecular flexibility index (Phi) is 5.59. The molecule has 0 aromatic carbocycles. The van der Waals surface area contributed by atoms with Crippen LogP contribution in [-0.2, 0) is 14.3 Å². The number of ether oxygens (including phenoxy) is 1. The van der Waals surface area contributed by atoms with Gasteiger partial charge in [-0.3, -0.25) is 9.59 Å². The molecule has 0 aromatic rings. The monoisotopic (exact) mass is 257 g/mol. The molecule has 0 atom stereocenters. The number of carbonyl (C=O) groups excluding carboxylic acids is 1. The second-order valence-corrected chi connectivity index (χ2v) is 4.91. The van der Waals surface area contributed by atoms with Gasteiger partial charge in [-0.25, -0.2) is 0 Å². The lowest BCUT2D eigenvalue weighted by Gasteiger charge is -2.43. The summed E-state index contributed by atoms with van der Waals surface area (Å²) in [5.41, 5.74) is -0.287. The van der Waals surface area contributed by atoms with Gasteiger partial charge in [0.05, 0.1) is 11.8 Å². The molecule has 0 aliphatic heterocycles. The van der Waals surface area contributed by atoms with Crippen LogP contribution in [0.25, 0.3) is 0 Å². The highest BCUT2D eigenvalue weighted by Crippen LogP contribution is 2.45. The van der Waals surface area contributed by atoms with Crippen LogP contribution >= 0.6 is 0 Å². The highest BCUT2D eigenvalue weighted by molar-refractivity contribution is 5.84. The molecule has 1 aliphatic rings. The van der Waals surface area contributed by atoms with Crippen molar-refractivity contribution in [2.45, 2.75) is 39.0 Å². The van der Waals surface area contributed by atoms with Crippen molar-refractivity contribution in [3.8, 4) is 0 Å². The van der Waals surface area contributed by atoms with Crippen molar-refractivity contribution >= 4 is 11.9 Å². The van der Waals surface area contributed by atoms with Crippen molar-refractivity contribution in [2.75, 3.05) is 26.8 Å². The first kappa shape index (κ1) is 15.0. The minimum Gasteiger partial charge on any atom is -0.481 e. The summed E-state index contributed by atoms with van der Waals surface area (Å²) in [4.78, 5) is 24.7. The second-order valence-electron chi connectivity index (χ2n) is 4.91. The zero-order valence-electron chi connectivity index (χ0n) is 11.3. The lowest BCUT2D eigenvalue weighted by Crippen LogP contribution is -2.49. The Hall–Kier alpha value is -1.10. The van der Waals surface area contributed by atoms with Crippen LogP contribution in [0.4, 0.5) is 0 Å². The van der Waals surface area contributed by atoms with Crippen LogP contribution in [0.2, 0.25) is 0 Å². The summed E-state index contributed by atoms with van der Waals surface area (Å²) in [5, 5.41) is 8.70. The highest BCUT2D eigenvalue weighted by atomic mass is 16.5. The molecule has 18 heavy (non-hydrogen) atoms. The summed E-state index contributed by atoms with van der Waals surface area (Å²) in [7, 11) is 1.64. The van der Waals surface area contributed by atoms with Crippen molar-refractivity contribution in [2.24, 2.45) is 5.41 Å². The summed E-state index contributed by atoms with van der Waals surface area (Å²) in [5.74, 6) is -0.754. The van der Waals surface area contributed by atoms with E-state index in [1.54, 1.807) is 12.0 Å². The van der Waals surface area contributed by atoms with Crippen LogP contribution in [0.3, 0.4) is 0 Å². The summed E-state index contributed by atoms with van der Waals surface area (Å²) in [6.07, 6.45) is 3.63.